The van der Waals surface area contributed by atoms with E-state index in [9.17, 15) is 29.1 Å². The third kappa shape index (κ3) is 5.55. The highest BCUT2D eigenvalue weighted by molar-refractivity contribution is 6.23. The molecule has 4 fully saturated rings. The van der Waals surface area contributed by atoms with Crippen LogP contribution < -0.4 is 0 Å². The number of hydrogen-bond acceptors (Lipinski definition) is 12. The largest absolute Gasteiger partial charge is 0.462 e. The maximum absolute atomic E-state index is 13.1. The predicted molar refractivity (Wildman–Crippen MR) is 148 cm³/mol. The zero-order valence-corrected chi connectivity index (χ0v) is 26.3. The number of epoxide rings is 1. The smallest absolute Gasteiger partial charge is 0.312 e. The molecule has 240 valence electrons. The van der Waals surface area contributed by atoms with Gasteiger partial charge in [-0.2, -0.15) is 0 Å². The van der Waals surface area contributed by atoms with E-state index in [4.69, 9.17) is 40.0 Å². The van der Waals surface area contributed by atoms with Crippen molar-refractivity contribution in [2.45, 2.75) is 115 Å². The van der Waals surface area contributed by atoms with Gasteiger partial charge in [-0.05, 0) is 19.8 Å². The van der Waals surface area contributed by atoms with Gasteiger partial charge in [-0.25, -0.2) is 0 Å². The molecule has 11 atom stereocenters. The Morgan fingerprint density at radius 1 is 1.00 bits per heavy atom. The van der Waals surface area contributed by atoms with Crippen molar-refractivity contribution in [3.8, 4) is 0 Å². The molecule has 0 aromatic heterocycles. The van der Waals surface area contributed by atoms with Crippen LogP contribution in [-0.4, -0.2) is 88.7 Å². The molecule has 1 N–H and O–H groups in total. The van der Waals surface area contributed by atoms with Gasteiger partial charge in [0.25, 0.3) is 0 Å². The number of fused-ring (bicyclic) bond motifs is 3. The third-order valence-corrected chi connectivity index (χ3v) is 10.1. The Kier molecular flexibility index (Phi) is 9.01. The normalized spacial score (nSPS) is 42.3. The molecule has 0 bridgehead atoms. The molecule has 1 spiro atoms. The number of esters is 5. The first-order valence-electron chi connectivity index (χ1n) is 14.5. The Labute approximate surface area is 255 Å². The van der Waals surface area contributed by atoms with Gasteiger partial charge in [0.2, 0.25) is 0 Å². The van der Waals surface area contributed by atoms with Crippen LogP contribution in [0.5, 0.6) is 0 Å². The maximum Gasteiger partial charge on any atom is 0.312 e. The molecule has 2 heterocycles. The van der Waals surface area contributed by atoms with Crippen LogP contribution in [0, 0.1) is 23.2 Å². The molecular weight excluding hydrogens is 588 g/mol. The Morgan fingerprint density at radius 2 is 1.56 bits per heavy atom. The van der Waals surface area contributed by atoms with Gasteiger partial charge in [0, 0.05) is 33.1 Å². The van der Waals surface area contributed by atoms with Gasteiger partial charge >= 0.3 is 29.8 Å². The van der Waals surface area contributed by atoms with Crippen LogP contribution in [0.1, 0.15) is 67.7 Å². The van der Waals surface area contributed by atoms with E-state index in [0.29, 0.717) is 5.57 Å². The van der Waals surface area contributed by atoms with Gasteiger partial charge in [0.1, 0.15) is 30.0 Å². The average molecular weight is 629 g/mol. The highest BCUT2D eigenvalue weighted by Gasteiger charge is 2.78. The quantitative estimate of drug-likeness (QED) is 0.156. The Hall–Kier alpha value is -2.70. The van der Waals surface area contributed by atoms with E-state index in [1.165, 1.54) is 20.8 Å². The summed E-state index contributed by atoms with van der Waals surface area (Å²) in [5.41, 5.74) is -4.70. The molecule has 2 saturated carbocycles. The van der Waals surface area contributed by atoms with Crippen LogP contribution in [0.2, 0.25) is 0 Å². The van der Waals surface area contributed by atoms with E-state index in [0.717, 1.165) is 6.92 Å². The zero-order valence-electron chi connectivity index (χ0n) is 25.5. The first-order valence-corrected chi connectivity index (χ1v) is 15.0. The summed E-state index contributed by atoms with van der Waals surface area (Å²) in [5.74, 6) is -6.38. The number of ether oxygens (including phenoxy) is 6. The topological polar surface area (TPSA) is 164 Å². The molecule has 0 aromatic rings. The van der Waals surface area contributed by atoms with Gasteiger partial charge in [-0.1, -0.05) is 32.9 Å². The Morgan fingerprint density at radius 3 is 2.07 bits per heavy atom. The SMILES string of the molecule is C=C1CCC(OC(C)=O)C2(C)C(OC(C)=O)CC(OC(=O)C(C)C)C3(CO3)C2C(OC(C)=O)C2(O)C(C)C(=O)OC2C1Cl. The molecule has 0 radical (unpaired) electrons. The minimum absolute atomic E-state index is 0.00158. The Bertz CT molecular complexity index is 1200. The zero-order chi connectivity index (χ0) is 32.2. The molecule has 0 aromatic carbocycles. The van der Waals surface area contributed by atoms with E-state index >= 15 is 0 Å². The first kappa shape index (κ1) is 33.2. The molecule has 2 aliphatic carbocycles. The summed E-state index contributed by atoms with van der Waals surface area (Å²) in [4.78, 5) is 63.9. The van der Waals surface area contributed by atoms with Gasteiger partial charge in [-0.15, -0.1) is 11.6 Å². The molecule has 2 aliphatic heterocycles. The summed E-state index contributed by atoms with van der Waals surface area (Å²) in [6.07, 6.45) is -5.86. The van der Waals surface area contributed by atoms with Gasteiger partial charge in [-0.3, -0.25) is 24.0 Å². The minimum atomic E-state index is -2.26. The van der Waals surface area contributed by atoms with Crippen molar-refractivity contribution >= 4 is 41.4 Å². The fourth-order valence-electron chi connectivity index (χ4n) is 7.25. The van der Waals surface area contributed by atoms with E-state index in [1.54, 1.807) is 20.8 Å². The van der Waals surface area contributed by atoms with E-state index in [-0.39, 0.29) is 25.9 Å². The fourth-order valence-corrected chi connectivity index (χ4v) is 7.61. The summed E-state index contributed by atoms with van der Waals surface area (Å²) in [5, 5.41) is 11.5. The lowest BCUT2D eigenvalue weighted by Crippen LogP contribution is -2.72. The lowest BCUT2D eigenvalue weighted by atomic mass is 9.51. The van der Waals surface area contributed by atoms with E-state index < -0.39 is 100 Å². The summed E-state index contributed by atoms with van der Waals surface area (Å²) >= 11 is 6.82. The van der Waals surface area contributed by atoms with Crippen molar-refractivity contribution in [1.82, 2.24) is 0 Å². The monoisotopic (exact) mass is 628 g/mol. The van der Waals surface area contributed by atoms with E-state index in [2.05, 4.69) is 6.58 Å². The second kappa shape index (κ2) is 11.7. The van der Waals surface area contributed by atoms with Crippen LogP contribution in [0.4, 0.5) is 0 Å². The van der Waals surface area contributed by atoms with Crippen molar-refractivity contribution in [3.63, 3.8) is 0 Å². The number of halogens is 1. The summed E-state index contributed by atoms with van der Waals surface area (Å²) in [6.45, 7) is 14.1. The maximum atomic E-state index is 13.1. The highest BCUT2D eigenvalue weighted by Crippen LogP contribution is 2.63. The second-order valence-corrected chi connectivity index (χ2v) is 13.2. The molecule has 4 rings (SSSR count). The number of alkyl halides is 1. The van der Waals surface area contributed by atoms with Crippen molar-refractivity contribution in [2.24, 2.45) is 23.2 Å². The van der Waals surface area contributed by atoms with Crippen molar-refractivity contribution in [2.75, 3.05) is 6.61 Å². The average Bonchev–Trinajstić information content (AvgIpc) is 3.65. The fraction of sp³-hybridized carbons (Fsp3) is 0.767. The Balaban J connectivity index is 2.05. The molecular formula is C30H41ClO12. The molecule has 13 heteroatoms. The number of carbonyl (C=O) groups is 5. The molecule has 0 amide bonds. The molecule has 11 unspecified atom stereocenters. The van der Waals surface area contributed by atoms with E-state index in [1.807, 2.05) is 0 Å². The summed E-state index contributed by atoms with van der Waals surface area (Å²) < 4.78 is 35.5. The summed E-state index contributed by atoms with van der Waals surface area (Å²) in [6, 6.07) is 0. The summed E-state index contributed by atoms with van der Waals surface area (Å²) in [7, 11) is 0. The van der Waals surface area contributed by atoms with Gasteiger partial charge in [0.05, 0.1) is 29.2 Å². The lowest BCUT2D eigenvalue weighted by molar-refractivity contribution is -0.260. The first-order chi connectivity index (χ1) is 19.9. The van der Waals surface area contributed by atoms with Crippen LogP contribution in [0.25, 0.3) is 0 Å². The lowest BCUT2D eigenvalue weighted by Gasteiger charge is -2.58. The molecule has 2 saturated heterocycles. The number of rotatable bonds is 5. The number of aliphatic hydroxyl groups is 1. The van der Waals surface area contributed by atoms with Crippen LogP contribution in [0.15, 0.2) is 12.2 Å². The highest BCUT2D eigenvalue weighted by atomic mass is 35.5. The minimum Gasteiger partial charge on any atom is -0.462 e. The van der Waals surface area contributed by atoms with Crippen LogP contribution in [-0.2, 0) is 52.4 Å². The number of carbonyl (C=O) groups excluding carboxylic acids is 5. The van der Waals surface area contributed by atoms with Gasteiger partial charge < -0.3 is 33.5 Å². The third-order valence-electron chi connectivity index (χ3n) is 9.56. The molecule has 43 heavy (non-hydrogen) atoms. The predicted octanol–water partition coefficient (Wildman–Crippen LogP) is 2.39. The van der Waals surface area contributed by atoms with Crippen molar-refractivity contribution < 1.29 is 57.5 Å². The van der Waals surface area contributed by atoms with Gasteiger partial charge in [0.15, 0.2) is 11.7 Å². The van der Waals surface area contributed by atoms with Crippen LogP contribution in [0.3, 0.4) is 0 Å². The molecule has 12 nitrogen and oxygen atoms in total. The number of hydrogen-bond donors (Lipinski definition) is 1. The molecule has 4 aliphatic rings. The second-order valence-electron chi connectivity index (χ2n) is 12.7. The van der Waals surface area contributed by atoms with Crippen LogP contribution >= 0.6 is 11.6 Å². The van der Waals surface area contributed by atoms with Crippen molar-refractivity contribution in [3.05, 3.63) is 12.2 Å². The standard InChI is InChI=1S/C30H41ClO12/c1-13(2)26(35)42-21-11-20(40-17(6)33)28(8)19(39-16(5)32)10-9-14(3)22(31)24-30(37,15(4)27(36)43-24)25(41-18(7)34)23(28)29(21)12-38-29/h13,15,19-25,37H,3,9-12H2,1-2,4-8H3. The van der Waals surface area contributed by atoms with Crippen molar-refractivity contribution in [1.29, 1.82) is 0 Å².